The lowest BCUT2D eigenvalue weighted by Crippen LogP contribution is -2.38. The number of aromatic nitrogens is 2. The van der Waals surface area contributed by atoms with Gasteiger partial charge in [0.2, 0.25) is 0 Å². The molecule has 1 aliphatic rings. The van der Waals surface area contributed by atoms with Gasteiger partial charge in [-0.05, 0) is 32.6 Å². The van der Waals surface area contributed by atoms with Gasteiger partial charge >= 0.3 is 0 Å². The van der Waals surface area contributed by atoms with E-state index < -0.39 is 0 Å². The van der Waals surface area contributed by atoms with E-state index in [1.165, 1.54) is 25.7 Å². The quantitative estimate of drug-likeness (QED) is 0.510. The molecule has 0 radical (unpaired) electrons. The summed E-state index contributed by atoms with van der Waals surface area (Å²) in [6, 6.07) is 0. The van der Waals surface area contributed by atoms with Gasteiger partial charge in [-0.1, -0.05) is 12.8 Å². The van der Waals surface area contributed by atoms with Gasteiger partial charge in [0.15, 0.2) is 5.96 Å². The third kappa shape index (κ3) is 4.54. The third-order valence-electron chi connectivity index (χ3n) is 3.93. The van der Waals surface area contributed by atoms with Gasteiger partial charge in [-0.15, -0.1) is 0 Å². The van der Waals surface area contributed by atoms with Crippen molar-refractivity contribution in [3.63, 3.8) is 0 Å². The van der Waals surface area contributed by atoms with Crippen molar-refractivity contribution < 1.29 is 0 Å². The maximum absolute atomic E-state index is 6.08. The number of aryl methyl sites for hydroxylation is 2. The summed E-state index contributed by atoms with van der Waals surface area (Å²) in [6.45, 7) is 6.03. The van der Waals surface area contributed by atoms with E-state index >= 15 is 0 Å². The molecule has 0 amide bonds. The highest BCUT2D eigenvalue weighted by atomic mass is 15.2. The van der Waals surface area contributed by atoms with Crippen LogP contribution in [0.25, 0.3) is 0 Å². The Morgan fingerprint density at radius 3 is 2.65 bits per heavy atom. The average molecular weight is 277 g/mol. The average Bonchev–Trinajstić information content (AvgIpc) is 2.69. The standard InChI is InChI=1S/C15H27N5/c1-14-17-9-13-19(14)10-7-4-8-18-15(16)20-11-5-2-3-6-12-20/h9,13H,2-8,10-12H2,1H3,(H2,16,18). The normalized spacial score (nSPS) is 17.2. The molecule has 1 aliphatic heterocycles. The minimum absolute atomic E-state index is 0.741. The number of imidazole rings is 1. The molecule has 20 heavy (non-hydrogen) atoms. The summed E-state index contributed by atoms with van der Waals surface area (Å²) >= 11 is 0. The smallest absolute Gasteiger partial charge is 0.191 e. The van der Waals surface area contributed by atoms with Crippen LogP contribution in [0, 0.1) is 6.92 Å². The predicted octanol–water partition coefficient (Wildman–Crippen LogP) is 2.16. The lowest BCUT2D eigenvalue weighted by atomic mass is 10.2. The highest BCUT2D eigenvalue weighted by Crippen LogP contribution is 2.09. The minimum Gasteiger partial charge on any atom is -0.370 e. The van der Waals surface area contributed by atoms with Crippen LogP contribution in [-0.2, 0) is 6.54 Å². The van der Waals surface area contributed by atoms with Gasteiger partial charge < -0.3 is 15.2 Å². The predicted molar refractivity (Wildman–Crippen MR) is 82.7 cm³/mol. The zero-order valence-electron chi connectivity index (χ0n) is 12.6. The second-order valence-electron chi connectivity index (χ2n) is 5.52. The van der Waals surface area contributed by atoms with Crippen LogP contribution in [0.5, 0.6) is 0 Å². The monoisotopic (exact) mass is 277 g/mol. The van der Waals surface area contributed by atoms with E-state index in [2.05, 4.69) is 19.4 Å². The molecule has 2 heterocycles. The Morgan fingerprint density at radius 2 is 2.00 bits per heavy atom. The van der Waals surface area contributed by atoms with Gasteiger partial charge in [0.25, 0.3) is 0 Å². The van der Waals surface area contributed by atoms with E-state index in [1.807, 2.05) is 19.3 Å². The molecule has 0 aliphatic carbocycles. The lowest BCUT2D eigenvalue weighted by Gasteiger charge is -2.21. The SMILES string of the molecule is Cc1nccn1CCCCN=C(N)N1CCCCCC1. The van der Waals surface area contributed by atoms with Crippen LogP contribution < -0.4 is 5.73 Å². The number of likely N-dealkylation sites (tertiary alicyclic amines) is 1. The molecule has 0 saturated carbocycles. The molecule has 0 atom stereocenters. The minimum atomic E-state index is 0.741. The number of hydrogen-bond donors (Lipinski definition) is 1. The molecule has 2 rings (SSSR count). The first-order chi connectivity index (χ1) is 9.77. The Morgan fingerprint density at radius 1 is 1.25 bits per heavy atom. The molecule has 1 aromatic rings. The van der Waals surface area contributed by atoms with E-state index in [-0.39, 0.29) is 0 Å². The topological polar surface area (TPSA) is 59.4 Å². The summed E-state index contributed by atoms with van der Waals surface area (Å²) in [7, 11) is 0. The molecular formula is C15H27N5. The number of nitrogens with zero attached hydrogens (tertiary/aromatic N) is 4. The molecule has 1 aromatic heterocycles. The Labute approximate surface area is 121 Å². The zero-order valence-corrected chi connectivity index (χ0v) is 12.6. The van der Waals surface area contributed by atoms with Gasteiger partial charge in [-0.25, -0.2) is 4.98 Å². The van der Waals surface area contributed by atoms with Crippen LogP contribution in [0.4, 0.5) is 0 Å². The summed E-state index contributed by atoms with van der Waals surface area (Å²) in [5.41, 5.74) is 6.08. The van der Waals surface area contributed by atoms with Crippen molar-refractivity contribution in [3.8, 4) is 0 Å². The van der Waals surface area contributed by atoms with E-state index in [9.17, 15) is 0 Å². The first kappa shape index (κ1) is 14.9. The second-order valence-corrected chi connectivity index (χ2v) is 5.52. The number of nitrogens with two attached hydrogens (primary N) is 1. The maximum atomic E-state index is 6.08. The van der Waals surface area contributed by atoms with Gasteiger partial charge in [0, 0.05) is 38.6 Å². The van der Waals surface area contributed by atoms with E-state index in [4.69, 9.17) is 5.73 Å². The summed E-state index contributed by atoms with van der Waals surface area (Å²) in [5.74, 6) is 1.82. The zero-order chi connectivity index (χ0) is 14.2. The summed E-state index contributed by atoms with van der Waals surface area (Å²) in [6.07, 6.45) is 11.2. The van der Waals surface area contributed by atoms with Crippen LogP contribution in [-0.4, -0.2) is 40.0 Å². The Kier molecular flexibility index (Phi) is 5.89. The molecule has 112 valence electrons. The van der Waals surface area contributed by atoms with Crippen molar-refractivity contribution in [1.29, 1.82) is 0 Å². The molecule has 1 saturated heterocycles. The van der Waals surface area contributed by atoms with E-state index in [1.54, 1.807) is 0 Å². The fourth-order valence-electron chi connectivity index (χ4n) is 2.63. The fraction of sp³-hybridized carbons (Fsp3) is 0.733. The Hall–Kier alpha value is -1.52. The fourth-order valence-corrected chi connectivity index (χ4v) is 2.63. The molecule has 0 aromatic carbocycles. The van der Waals surface area contributed by atoms with Crippen molar-refractivity contribution in [2.45, 2.75) is 52.0 Å². The van der Waals surface area contributed by atoms with E-state index in [0.29, 0.717) is 0 Å². The summed E-state index contributed by atoms with van der Waals surface area (Å²) in [4.78, 5) is 11.0. The van der Waals surface area contributed by atoms with Crippen LogP contribution >= 0.6 is 0 Å². The van der Waals surface area contributed by atoms with Crippen LogP contribution in [0.3, 0.4) is 0 Å². The van der Waals surface area contributed by atoms with Crippen molar-refractivity contribution in [3.05, 3.63) is 18.2 Å². The molecule has 5 heteroatoms. The highest BCUT2D eigenvalue weighted by Gasteiger charge is 2.10. The van der Waals surface area contributed by atoms with Crippen molar-refractivity contribution in [1.82, 2.24) is 14.5 Å². The third-order valence-corrected chi connectivity index (χ3v) is 3.93. The van der Waals surface area contributed by atoms with Crippen molar-refractivity contribution in [2.75, 3.05) is 19.6 Å². The molecule has 1 fully saturated rings. The molecule has 5 nitrogen and oxygen atoms in total. The maximum Gasteiger partial charge on any atom is 0.191 e. The Balaban J connectivity index is 1.66. The van der Waals surface area contributed by atoms with Crippen LogP contribution in [0.2, 0.25) is 0 Å². The summed E-state index contributed by atoms with van der Waals surface area (Å²) in [5, 5.41) is 0. The van der Waals surface area contributed by atoms with Gasteiger partial charge in [0.1, 0.15) is 5.82 Å². The lowest BCUT2D eigenvalue weighted by molar-refractivity contribution is 0.428. The van der Waals surface area contributed by atoms with Crippen molar-refractivity contribution >= 4 is 5.96 Å². The Bertz CT molecular complexity index is 416. The molecule has 0 bridgehead atoms. The molecular weight excluding hydrogens is 250 g/mol. The van der Waals surface area contributed by atoms with Crippen molar-refractivity contribution in [2.24, 2.45) is 10.7 Å². The number of hydrogen-bond acceptors (Lipinski definition) is 2. The second kappa shape index (κ2) is 7.92. The number of aliphatic imine (C=N–C) groups is 1. The molecule has 0 spiro atoms. The van der Waals surface area contributed by atoms with Gasteiger partial charge in [0.05, 0.1) is 0 Å². The molecule has 2 N–H and O–H groups in total. The highest BCUT2D eigenvalue weighted by molar-refractivity contribution is 5.78. The van der Waals surface area contributed by atoms with Gasteiger partial charge in [-0.3, -0.25) is 4.99 Å². The van der Waals surface area contributed by atoms with Crippen LogP contribution in [0.15, 0.2) is 17.4 Å². The first-order valence-corrected chi connectivity index (χ1v) is 7.80. The summed E-state index contributed by atoms with van der Waals surface area (Å²) < 4.78 is 2.18. The van der Waals surface area contributed by atoms with Gasteiger partial charge in [-0.2, -0.15) is 0 Å². The van der Waals surface area contributed by atoms with E-state index in [0.717, 1.165) is 50.8 Å². The number of rotatable bonds is 5. The number of unbranched alkanes of at least 4 members (excludes halogenated alkanes) is 1. The first-order valence-electron chi connectivity index (χ1n) is 7.80. The largest absolute Gasteiger partial charge is 0.370 e. The molecule has 0 unspecified atom stereocenters. The number of guanidine groups is 1. The van der Waals surface area contributed by atoms with Crippen LogP contribution in [0.1, 0.15) is 44.3 Å².